The van der Waals surface area contributed by atoms with Gasteiger partial charge in [-0.05, 0) is 49.2 Å². The number of benzene rings is 2. The maximum atomic E-state index is 11.5. The molecule has 0 saturated carbocycles. The van der Waals surface area contributed by atoms with E-state index in [1.807, 2.05) is 55.5 Å². The first kappa shape index (κ1) is 21.4. The van der Waals surface area contributed by atoms with Crippen LogP contribution < -0.4 is 20.7 Å². The summed E-state index contributed by atoms with van der Waals surface area (Å²) in [6.07, 6.45) is 2.89. The predicted octanol–water partition coefficient (Wildman–Crippen LogP) is 3.36. The van der Waals surface area contributed by atoms with Crippen molar-refractivity contribution in [2.45, 2.75) is 26.3 Å². The van der Waals surface area contributed by atoms with Crippen molar-refractivity contribution in [3.63, 3.8) is 0 Å². The molecule has 0 spiro atoms. The molecule has 32 heavy (non-hydrogen) atoms. The second kappa shape index (κ2) is 10.5. The molecular formula is C24H27N5O3. The number of anilines is 1. The number of amides is 1. The Kier molecular flexibility index (Phi) is 7.01. The van der Waals surface area contributed by atoms with Crippen LogP contribution >= 0.6 is 0 Å². The normalized spacial score (nSPS) is 13.3. The average Bonchev–Trinajstić information content (AvgIpc) is 3.30. The van der Waals surface area contributed by atoms with Gasteiger partial charge < -0.3 is 25.1 Å². The molecule has 166 valence electrons. The van der Waals surface area contributed by atoms with Gasteiger partial charge in [0.15, 0.2) is 5.96 Å². The summed E-state index contributed by atoms with van der Waals surface area (Å²) in [4.78, 5) is 20.6. The van der Waals surface area contributed by atoms with Crippen molar-refractivity contribution in [1.82, 2.24) is 15.6 Å². The molecule has 2 aromatic carbocycles. The van der Waals surface area contributed by atoms with Crippen LogP contribution in [0.5, 0.6) is 5.75 Å². The highest BCUT2D eigenvalue weighted by molar-refractivity contribution is 5.94. The second-order valence-electron chi connectivity index (χ2n) is 7.35. The topological polar surface area (TPSA) is 101 Å². The van der Waals surface area contributed by atoms with Crippen LogP contribution in [0.1, 0.15) is 24.6 Å². The van der Waals surface area contributed by atoms with Crippen molar-refractivity contribution in [1.29, 1.82) is 0 Å². The fourth-order valence-electron chi connectivity index (χ4n) is 3.38. The Bertz CT molecular complexity index is 1080. The van der Waals surface area contributed by atoms with E-state index in [0.717, 1.165) is 41.2 Å². The second-order valence-corrected chi connectivity index (χ2v) is 7.35. The maximum Gasteiger partial charge on any atom is 0.226 e. The number of carbonyl (C=O) groups is 1. The molecule has 0 fully saturated rings. The van der Waals surface area contributed by atoms with E-state index in [4.69, 9.17) is 9.15 Å². The molecule has 0 aliphatic carbocycles. The summed E-state index contributed by atoms with van der Waals surface area (Å²) in [7, 11) is 0. The number of guanidine groups is 1. The number of aliphatic imine (C=N–C) groups is 1. The first-order valence-electron chi connectivity index (χ1n) is 10.8. The van der Waals surface area contributed by atoms with Crippen molar-refractivity contribution in [3.8, 4) is 17.2 Å². The minimum atomic E-state index is 0.0625. The molecule has 1 aliphatic heterocycles. The van der Waals surface area contributed by atoms with Gasteiger partial charge in [0.2, 0.25) is 11.8 Å². The van der Waals surface area contributed by atoms with Crippen LogP contribution in [-0.4, -0.2) is 36.5 Å². The average molecular weight is 434 g/mol. The molecular weight excluding hydrogens is 406 g/mol. The fraction of sp³-hybridized carbons (Fsp3) is 0.292. The molecule has 0 radical (unpaired) electrons. The van der Waals surface area contributed by atoms with E-state index in [9.17, 15) is 4.79 Å². The van der Waals surface area contributed by atoms with Crippen molar-refractivity contribution >= 4 is 17.6 Å². The van der Waals surface area contributed by atoms with Gasteiger partial charge in [-0.1, -0.05) is 18.2 Å². The van der Waals surface area contributed by atoms with Crippen molar-refractivity contribution in [2.24, 2.45) is 4.99 Å². The third-order valence-electron chi connectivity index (χ3n) is 4.95. The lowest BCUT2D eigenvalue weighted by Crippen LogP contribution is -2.39. The highest BCUT2D eigenvalue weighted by Gasteiger charge is 2.15. The SMILES string of the molecule is CCNC(=NCc1coc(-c2ccccc2)n1)NCCOc1ccc2c(c1)CCC(=O)N2. The van der Waals surface area contributed by atoms with Gasteiger partial charge in [-0.2, -0.15) is 0 Å². The molecule has 0 saturated heterocycles. The Morgan fingerprint density at radius 2 is 2.06 bits per heavy atom. The van der Waals surface area contributed by atoms with Gasteiger partial charge in [-0.3, -0.25) is 4.79 Å². The lowest BCUT2D eigenvalue weighted by atomic mass is 10.0. The molecule has 1 aromatic heterocycles. The first-order valence-corrected chi connectivity index (χ1v) is 10.8. The van der Waals surface area contributed by atoms with E-state index in [-0.39, 0.29) is 5.91 Å². The molecule has 4 rings (SSSR count). The lowest BCUT2D eigenvalue weighted by molar-refractivity contribution is -0.116. The van der Waals surface area contributed by atoms with Crippen molar-refractivity contribution in [3.05, 3.63) is 66.1 Å². The monoisotopic (exact) mass is 433 g/mol. The quantitative estimate of drug-likeness (QED) is 0.286. The number of nitrogens with zero attached hydrogens (tertiary/aromatic N) is 2. The minimum Gasteiger partial charge on any atom is -0.492 e. The van der Waals surface area contributed by atoms with Crippen molar-refractivity contribution in [2.75, 3.05) is 25.0 Å². The number of hydrogen-bond donors (Lipinski definition) is 3. The lowest BCUT2D eigenvalue weighted by Gasteiger charge is -2.18. The summed E-state index contributed by atoms with van der Waals surface area (Å²) in [6, 6.07) is 15.5. The van der Waals surface area contributed by atoms with Crippen LogP contribution in [-0.2, 0) is 17.8 Å². The van der Waals surface area contributed by atoms with Gasteiger partial charge >= 0.3 is 0 Å². The summed E-state index contributed by atoms with van der Waals surface area (Å²) in [6.45, 7) is 4.25. The van der Waals surface area contributed by atoms with Gasteiger partial charge in [-0.25, -0.2) is 9.98 Å². The molecule has 0 atom stereocenters. The molecule has 0 unspecified atom stereocenters. The number of nitrogens with one attached hydrogen (secondary N) is 3. The number of rotatable bonds is 8. The summed E-state index contributed by atoms with van der Waals surface area (Å²) in [5.74, 6) is 2.13. The molecule has 3 N–H and O–H groups in total. The number of hydrogen-bond acceptors (Lipinski definition) is 5. The van der Waals surface area contributed by atoms with E-state index >= 15 is 0 Å². The molecule has 3 aromatic rings. The Hall–Kier alpha value is -3.81. The molecule has 8 heteroatoms. The highest BCUT2D eigenvalue weighted by Crippen LogP contribution is 2.26. The Morgan fingerprint density at radius 3 is 2.91 bits per heavy atom. The van der Waals surface area contributed by atoms with Crippen LogP contribution in [0.25, 0.3) is 11.5 Å². The highest BCUT2D eigenvalue weighted by atomic mass is 16.5. The van der Waals surface area contributed by atoms with Gasteiger partial charge in [0, 0.05) is 24.2 Å². The zero-order valence-electron chi connectivity index (χ0n) is 18.1. The van der Waals surface area contributed by atoms with E-state index in [1.165, 1.54) is 0 Å². The van der Waals surface area contributed by atoms with Crippen LogP contribution in [0.4, 0.5) is 5.69 Å². The van der Waals surface area contributed by atoms with Crippen LogP contribution in [0.15, 0.2) is 64.2 Å². The largest absolute Gasteiger partial charge is 0.492 e. The summed E-state index contributed by atoms with van der Waals surface area (Å²) >= 11 is 0. The van der Waals surface area contributed by atoms with E-state index < -0.39 is 0 Å². The van der Waals surface area contributed by atoms with Crippen molar-refractivity contribution < 1.29 is 13.9 Å². The van der Waals surface area contributed by atoms with Gasteiger partial charge in [0.25, 0.3) is 0 Å². The Labute approximate surface area is 187 Å². The minimum absolute atomic E-state index is 0.0625. The van der Waals surface area contributed by atoms with Gasteiger partial charge in [0.1, 0.15) is 24.3 Å². The number of aromatic nitrogens is 1. The van der Waals surface area contributed by atoms with Crippen LogP contribution in [0, 0.1) is 0 Å². The molecule has 8 nitrogen and oxygen atoms in total. The molecule has 1 amide bonds. The fourth-order valence-corrected chi connectivity index (χ4v) is 3.38. The predicted molar refractivity (Wildman–Crippen MR) is 124 cm³/mol. The first-order chi connectivity index (χ1) is 15.7. The Morgan fingerprint density at radius 1 is 1.19 bits per heavy atom. The van der Waals surface area contributed by atoms with Gasteiger partial charge in [-0.15, -0.1) is 0 Å². The van der Waals surface area contributed by atoms with Crippen LogP contribution in [0.2, 0.25) is 0 Å². The molecule has 1 aliphatic rings. The van der Waals surface area contributed by atoms with E-state index in [2.05, 4.69) is 25.9 Å². The zero-order valence-corrected chi connectivity index (χ0v) is 18.1. The standard InChI is InChI=1S/C24H27N5O3/c1-2-25-24(27-15-19-16-32-23(28-19)17-6-4-3-5-7-17)26-12-13-31-20-9-10-21-18(14-20)8-11-22(30)29-21/h3-7,9-10,14,16H,2,8,11-13,15H2,1H3,(H,29,30)(H2,25,26,27). The van der Waals surface area contributed by atoms with Crippen LogP contribution in [0.3, 0.4) is 0 Å². The third kappa shape index (κ3) is 5.66. The number of ether oxygens (including phenoxy) is 1. The number of fused-ring (bicyclic) bond motifs is 1. The number of oxazole rings is 1. The smallest absolute Gasteiger partial charge is 0.226 e. The third-order valence-corrected chi connectivity index (χ3v) is 4.95. The summed E-state index contributed by atoms with van der Waals surface area (Å²) < 4.78 is 11.4. The van der Waals surface area contributed by atoms with E-state index in [0.29, 0.717) is 38.0 Å². The zero-order chi connectivity index (χ0) is 22.2. The van der Waals surface area contributed by atoms with E-state index in [1.54, 1.807) is 6.26 Å². The summed E-state index contributed by atoms with van der Waals surface area (Å²) in [5.41, 5.74) is 3.68. The number of aryl methyl sites for hydroxylation is 1. The number of carbonyl (C=O) groups excluding carboxylic acids is 1. The molecule has 0 bridgehead atoms. The van der Waals surface area contributed by atoms with Gasteiger partial charge in [0.05, 0.1) is 13.1 Å². The molecule has 2 heterocycles. The maximum absolute atomic E-state index is 11.5. The Balaban J connectivity index is 1.27. The summed E-state index contributed by atoms with van der Waals surface area (Å²) in [5, 5.41) is 9.37.